The van der Waals surface area contributed by atoms with Gasteiger partial charge in [0.25, 0.3) is 0 Å². The summed E-state index contributed by atoms with van der Waals surface area (Å²) in [5.41, 5.74) is 0. The van der Waals surface area contributed by atoms with Crippen molar-refractivity contribution in [2.24, 2.45) is 7.05 Å². The molecule has 1 heterocycles. The molecule has 0 radical (unpaired) electrons. The Balaban J connectivity index is 2.92. The Morgan fingerprint density at radius 2 is 2.50 bits per heavy atom. The Kier molecular flexibility index (Phi) is 1.20. The van der Waals surface area contributed by atoms with Crippen molar-refractivity contribution in [2.75, 3.05) is 12.4 Å². The van der Waals surface area contributed by atoms with Gasteiger partial charge in [0.15, 0.2) is 0 Å². The van der Waals surface area contributed by atoms with Crippen LogP contribution in [0.25, 0.3) is 0 Å². The monoisotopic (exact) mass is 111 g/mol. The van der Waals surface area contributed by atoms with Gasteiger partial charge in [-0.25, -0.2) is 4.98 Å². The Morgan fingerprint density at radius 3 is 2.75 bits per heavy atom. The fourth-order valence-corrected chi connectivity index (χ4v) is 0.598. The molecular weight excluding hydrogens is 102 g/mol. The van der Waals surface area contributed by atoms with Gasteiger partial charge in [0.1, 0.15) is 5.82 Å². The van der Waals surface area contributed by atoms with E-state index >= 15 is 0 Å². The summed E-state index contributed by atoms with van der Waals surface area (Å²) in [6.07, 6.45) is 3.53. The lowest BCUT2D eigenvalue weighted by Gasteiger charge is -1.96. The minimum atomic E-state index is 1.03. The molecule has 3 heteroatoms. The minimum absolute atomic E-state index is 1.03. The highest BCUT2D eigenvalue weighted by molar-refractivity contribution is 5.30. The third-order valence-electron chi connectivity index (χ3n) is 1.07. The molecule has 0 aliphatic rings. The second-order valence-electron chi connectivity index (χ2n) is 1.64. The molecule has 0 unspecified atom stereocenters. The van der Waals surface area contributed by atoms with Crippen molar-refractivity contribution in [2.45, 2.75) is 0 Å². The molecule has 1 rings (SSSR count). The summed E-state index contributed by atoms with van der Waals surface area (Å²) in [6.45, 7) is 0. The molecule has 0 bridgehead atoms. The van der Waals surface area contributed by atoms with Gasteiger partial charge in [-0.3, -0.25) is 0 Å². The summed E-state index contributed by atoms with van der Waals surface area (Å²) in [7, 11) is 3.82. The summed E-state index contributed by atoms with van der Waals surface area (Å²) in [4.78, 5) is 3.89. The van der Waals surface area contributed by atoms with Crippen molar-refractivity contribution in [3.63, 3.8) is 0 Å². The van der Waals surface area contributed by atoms with Gasteiger partial charge < -0.3 is 9.88 Å². The van der Waals surface area contributed by atoms with E-state index in [1.807, 2.05) is 18.7 Å². The number of nitrogens with one attached hydrogen (secondary N) is 1. The van der Waals surface area contributed by atoms with Crippen LogP contribution in [-0.2, 0) is 7.05 Å². The first-order valence-electron chi connectivity index (χ1n) is 2.48. The molecule has 0 spiro atoms. The number of nitrogens with zero attached hydrogens (tertiary/aromatic N) is 2. The maximum absolute atomic E-state index is 3.89. The maximum Gasteiger partial charge on any atom is 0.125 e. The van der Waals surface area contributed by atoms with Gasteiger partial charge in [0, 0.05) is 14.1 Å². The quantitative estimate of drug-likeness (QED) is 0.570. The van der Waals surface area contributed by atoms with Crippen LogP contribution < -0.4 is 5.32 Å². The van der Waals surface area contributed by atoms with Crippen molar-refractivity contribution in [3.8, 4) is 0 Å². The molecule has 1 aromatic heterocycles. The lowest BCUT2D eigenvalue weighted by molar-refractivity contribution is 0.918. The Hall–Kier alpha value is -0.990. The smallest absolute Gasteiger partial charge is 0.125 e. The van der Waals surface area contributed by atoms with E-state index in [1.165, 1.54) is 0 Å². The summed E-state index contributed by atoms with van der Waals surface area (Å²) >= 11 is 0. The van der Waals surface area contributed by atoms with E-state index in [1.54, 1.807) is 12.5 Å². The molecule has 0 fully saturated rings. The van der Waals surface area contributed by atoms with Gasteiger partial charge in [-0.2, -0.15) is 0 Å². The third-order valence-corrected chi connectivity index (χ3v) is 1.07. The summed E-state index contributed by atoms with van der Waals surface area (Å²) in [6, 6.07) is 0. The molecule has 0 aromatic carbocycles. The molecule has 0 aliphatic heterocycles. The number of hydrogen-bond acceptors (Lipinski definition) is 2. The van der Waals surface area contributed by atoms with Crippen molar-refractivity contribution in [1.82, 2.24) is 9.55 Å². The van der Waals surface area contributed by atoms with Crippen molar-refractivity contribution in [3.05, 3.63) is 12.5 Å². The summed E-state index contributed by atoms with van der Waals surface area (Å²) in [5, 5.41) is 2.98. The molecule has 0 saturated heterocycles. The van der Waals surface area contributed by atoms with Gasteiger partial charge in [-0.15, -0.1) is 0 Å². The second-order valence-corrected chi connectivity index (χ2v) is 1.64. The number of aryl methyl sites for hydroxylation is 1. The number of imidazole rings is 1. The standard InChI is InChI=1S/C5H9N3/c1-6-5-3-7-4-8(5)2/h3-4,6H,1-2H3. The van der Waals surface area contributed by atoms with Crippen LogP contribution in [0.15, 0.2) is 12.5 Å². The van der Waals surface area contributed by atoms with Crippen LogP contribution in [0.4, 0.5) is 5.82 Å². The highest BCUT2D eigenvalue weighted by Gasteiger charge is 1.88. The molecule has 1 aromatic rings. The van der Waals surface area contributed by atoms with Crippen LogP contribution in [0.5, 0.6) is 0 Å². The van der Waals surface area contributed by atoms with E-state index in [-0.39, 0.29) is 0 Å². The van der Waals surface area contributed by atoms with Crippen LogP contribution in [-0.4, -0.2) is 16.6 Å². The molecule has 8 heavy (non-hydrogen) atoms. The van der Waals surface area contributed by atoms with Crippen LogP contribution in [0.1, 0.15) is 0 Å². The Labute approximate surface area is 48.3 Å². The fourth-order valence-electron chi connectivity index (χ4n) is 0.598. The van der Waals surface area contributed by atoms with Gasteiger partial charge in [0.2, 0.25) is 0 Å². The molecule has 0 saturated carbocycles. The molecule has 44 valence electrons. The van der Waals surface area contributed by atoms with E-state index in [0.29, 0.717) is 0 Å². The third kappa shape index (κ3) is 0.665. The normalized spacial score (nSPS) is 9.25. The predicted octanol–water partition coefficient (Wildman–Crippen LogP) is 0.462. The molecule has 3 nitrogen and oxygen atoms in total. The molecule has 0 aliphatic carbocycles. The Morgan fingerprint density at radius 1 is 1.75 bits per heavy atom. The first-order valence-corrected chi connectivity index (χ1v) is 2.48. The number of anilines is 1. The van der Waals surface area contributed by atoms with E-state index in [9.17, 15) is 0 Å². The maximum atomic E-state index is 3.89. The number of hydrogen-bond donors (Lipinski definition) is 1. The summed E-state index contributed by atoms with van der Waals surface area (Å²) < 4.78 is 1.92. The minimum Gasteiger partial charge on any atom is -0.373 e. The number of aromatic nitrogens is 2. The fraction of sp³-hybridized carbons (Fsp3) is 0.400. The average Bonchev–Trinajstić information content (AvgIpc) is 2.14. The van der Waals surface area contributed by atoms with E-state index in [2.05, 4.69) is 10.3 Å². The zero-order valence-electron chi connectivity index (χ0n) is 5.05. The largest absolute Gasteiger partial charge is 0.373 e. The topological polar surface area (TPSA) is 29.9 Å². The molecule has 0 amide bonds. The van der Waals surface area contributed by atoms with E-state index in [0.717, 1.165) is 5.82 Å². The van der Waals surface area contributed by atoms with Gasteiger partial charge in [0.05, 0.1) is 12.5 Å². The zero-order valence-corrected chi connectivity index (χ0v) is 5.05. The van der Waals surface area contributed by atoms with Gasteiger partial charge in [-0.05, 0) is 0 Å². The van der Waals surface area contributed by atoms with Crippen molar-refractivity contribution >= 4 is 5.82 Å². The highest BCUT2D eigenvalue weighted by Crippen LogP contribution is 1.99. The van der Waals surface area contributed by atoms with Crippen LogP contribution >= 0.6 is 0 Å². The molecule has 0 atom stereocenters. The average molecular weight is 111 g/mol. The SMILES string of the molecule is CNc1cncn1C. The van der Waals surface area contributed by atoms with Gasteiger partial charge in [-0.1, -0.05) is 0 Å². The highest BCUT2D eigenvalue weighted by atomic mass is 15.1. The lowest BCUT2D eigenvalue weighted by Crippen LogP contribution is -1.94. The molecule has 1 N–H and O–H groups in total. The lowest BCUT2D eigenvalue weighted by atomic mass is 10.7. The predicted molar refractivity (Wildman–Crippen MR) is 32.8 cm³/mol. The van der Waals surface area contributed by atoms with E-state index in [4.69, 9.17) is 0 Å². The van der Waals surface area contributed by atoms with Crippen molar-refractivity contribution in [1.29, 1.82) is 0 Å². The van der Waals surface area contributed by atoms with Crippen molar-refractivity contribution < 1.29 is 0 Å². The van der Waals surface area contributed by atoms with Gasteiger partial charge >= 0.3 is 0 Å². The number of rotatable bonds is 1. The molecular formula is C5H9N3. The van der Waals surface area contributed by atoms with Crippen LogP contribution in [0.2, 0.25) is 0 Å². The summed E-state index contributed by atoms with van der Waals surface area (Å²) in [5.74, 6) is 1.03. The van der Waals surface area contributed by atoms with Crippen LogP contribution in [0, 0.1) is 0 Å². The van der Waals surface area contributed by atoms with Crippen LogP contribution in [0.3, 0.4) is 0 Å². The Bertz CT molecular complexity index is 168. The second kappa shape index (κ2) is 1.86. The van der Waals surface area contributed by atoms with E-state index < -0.39 is 0 Å². The first kappa shape index (κ1) is 5.15. The zero-order chi connectivity index (χ0) is 5.98. The first-order chi connectivity index (χ1) is 3.84.